The zero-order chi connectivity index (χ0) is 16.8. The Morgan fingerprint density at radius 2 is 1.91 bits per heavy atom. The zero-order valence-electron chi connectivity index (χ0n) is 14.4. The van der Waals surface area contributed by atoms with Crippen LogP contribution in [0.5, 0.6) is 5.75 Å². The first kappa shape index (κ1) is 17.8. The molecule has 0 unspecified atom stereocenters. The Bertz CT molecular complexity index is 493. The fourth-order valence-electron chi connectivity index (χ4n) is 2.76. The van der Waals surface area contributed by atoms with Crippen molar-refractivity contribution in [3.8, 4) is 5.75 Å². The second-order valence-corrected chi connectivity index (χ2v) is 6.59. The molecule has 1 aliphatic rings. The lowest BCUT2D eigenvalue weighted by molar-refractivity contribution is -0.134. The van der Waals surface area contributed by atoms with Gasteiger partial charge >= 0.3 is 0 Å². The third-order valence-corrected chi connectivity index (χ3v) is 3.97. The van der Waals surface area contributed by atoms with E-state index in [0.717, 1.165) is 17.9 Å². The summed E-state index contributed by atoms with van der Waals surface area (Å²) >= 11 is 0. The quantitative estimate of drug-likeness (QED) is 0.870. The summed E-state index contributed by atoms with van der Waals surface area (Å²) in [4.78, 5) is 16.1. The molecule has 2 rings (SSSR count). The Morgan fingerprint density at radius 1 is 1.30 bits per heavy atom. The van der Waals surface area contributed by atoms with Gasteiger partial charge in [0.05, 0.1) is 18.8 Å². The third kappa shape index (κ3) is 5.84. The molecule has 5 heteroatoms. The van der Waals surface area contributed by atoms with Crippen LogP contribution in [0.15, 0.2) is 24.3 Å². The number of benzene rings is 1. The zero-order valence-corrected chi connectivity index (χ0v) is 14.4. The average molecular weight is 320 g/mol. The molecule has 128 valence electrons. The number of carbonyl (C=O) groups is 1. The van der Waals surface area contributed by atoms with Gasteiger partial charge in [0.15, 0.2) is 0 Å². The number of aliphatic hydroxyl groups excluding tert-OH is 1. The fraction of sp³-hybridized carbons (Fsp3) is 0.611. The summed E-state index contributed by atoms with van der Waals surface area (Å²) in [5.41, 5.74) is 1.16. The lowest BCUT2D eigenvalue weighted by Crippen LogP contribution is -2.44. The molecule has 1 N–H and O–H groups in total. The van der Waals surface area contributed by atoms with E-state index in [2.05, 4.69) is 0 Å². The van der Waals surface area contributed by atoms with E-state index >= 15 is 0 Å². The van der Waals surface area contributed by atoms with E-state index in [9.17, 15) is 9.90 Å². The molecule has 0 saturated carbocycles. The molecule has 1 aromatic carbocycles. The molecule has 1 saturated heterocycles. The predicted octanol–water partition coefficient (Wildman–Crippen LogP) is 1.89. The van der Waals surface area contributed by atoms with Crippen molar-refractivity contribution >= 4 is 5.91 Å². The topological polar surface area (TPSA) is 53.0 Å². The highest BCUT2D eigenvalue weighted by Crippen LogP contribution is 2.15. The number of aliphatic hydroxyl groups is 1. The lowest BCUT2D eigenvalue weighted by Gasteiger charge is -2.31. The van der Waals surface area contributed by atoms with Crippen molar-refractivity contribution < 1.29 is 14.6 Å². The van der Waals surface area contributed by atoms with E-state index in [1.165, 1.54) is 0 Å². The van der Waals surface area contributed by atoms with E-state index < -0.39 is 0 Å². The Balaban J connectivity index is 1.79. The number of amides is 1. The monoisotopic (exact) mass is 320 g/mol. The highest BCUT2D eigenvalue weighted by atomic mass is 16.5. The fourth-order valence-corrected chi connectivity index (χ4v) is 2.76. The van der Waals surface area contributed by atoms with Gasteiger partial charge in [0.2, 0.25) is 5.91 Å². The molecule has 1 amide bonds. The van der Waals surface area contributed by atoms with Crippen LogP contribution in [0, 0.1) is 0 Å². The number of likely N-dealkylation sites (N-methyl/N-ethyl adjacent to an activating group) is 1. The summed E-state index contributed by atoms with van der Waals surface area (Å²) in [7, 11) is 1.95. The highest BCUT2D eigenvalue weighted by Gasteiger charge is 2.21. The molecular weight excluding hydrogens is 292 g/mol. The van der Waals surface area contributed by atoms with Crippen LogP contribution in [0.1, 0.15) is 32.3 Å². The van der Waals surface area contributed by atoms with E-state index in [-0.39, 0.29) is 18.1 Å². The minimum Gasteiger partial charge on any atom is -0.491 e. The van der Waals surface area contributed by atoms with E-state index in [1.54, 1.807) is 0 Å². The Hall–Kier alpha value is -1.59. The van der Waals surface area contributed by atoms with Gasteiger partial charge in [0.25, 0.3) is 0 Å². The van der Waals surface area contributed by atoms with E-state index in [1.807, 2.05) is 55.0 Å². The summed E-state index contributed by atoms with van der Waals surface area (Å²) in [5.74, 6) is 1.01. The SMILES string of the molecule is CC(C)Oc1ccc(CN(C)CC(=O)N2CCC(O)CC2)cc1. The van der Waals surface area contributed by atoms with Crippen molar-refractivity contribution in [1.29, 1.82) is 0 Å². The predicted molar refractivity (Wildman–Crippen MR) is 90.4 cm³/mol. The molecule has 0 aliphatic carbocycles. The molecule has 0 aromatic heterocycles. The largest absolute Gasteiger partial charge is 0.491 e. The first-order valence-electron chi connectivity index (χ1n) is 8.34. The molecule has 1 aliphatic heterocycles. The number of carbonyl (C=O) groups excluding carboxylic acids is 1. The molecule has 0 bridgehead atoms. The van der Waals surface area contributed by atoms with Crippen molar-refractivity contribution in [2.75, 3.05) is 26.7 Å². The molecular formula is C18H28N2O3. The van der Waals surface area contributed by atoms with Gasteiger partial charge in [0.1, 0.15) is 5.75 Å². The van der Waals surface area contributed by atoms with Crippen molar-refractivity contribution in [2.45, 2.75) is 45.4 Å². The van der Waals surface area contributed by atoms with Gasteiger partial charge in [-0.2, -0.15) is 0 Å². The van der Waals surface area contributed by atoms with Crippen molar-refractivity contribution in [1.82, 2.24) is 9.80 Å². The number of ether oxygens (including phenoxy) is 1. The second kappa shape index (κ2) is 8.31. The summed E-state index contributed by atoms with van der Waals surface area (Å²) in [6, 6.07) is 8.01. The van der Waals surface area contributed by atoms with Crippen molar-refractivity contribution in [3.05, 3.63) is 29.8 Å². The van der Waals surface area contributed by atoms with Crippen LogP contribution in [0.4, 0.5) is 0 Å². The normalized spacial score (nSPS) is 16.2. The molecule has 0 atom stereocenters. The van der Waals surface area contributed by atoms with Gasteiger partial charge in [0, 0.05) is 19.6 Å². The van der Waals surface area contributed by atoms with Crippen LogP contribution in [0.3, 0.4) is 0 Å². The molecule has 1 fully saturated rings. The average Bonchev–Trinajstić information content (AvgIpc) is 2.49. The summed E-state index contributed by atoms with van der Waals surface area (Å²) in [5, 5.41) is 9.50. The van der Waals surface area contributed by atoms with Gasteiger partial charge < -0.3 is 14.7 Å². The van der Waals surface area contributed by atoms with Gasteiger partial charge in [-0.1, -0.05) is 12.1 Å². The Morgan fingerprint density at radius 3 is 2.48 bits per heavy atom. The number of piperidine rings is 1. The molecule has 0 radical (unpaired) electrons. The minimum absolute atomic E-state index is 0.138. The van der Waals surface area contributed by atoms with Crippen LogP contribution in [-0.2, 0) is 11.3 Å². The summed E-state index contributed by atoms with van der Waals surface area (Å²) < 4.78 is 5.63. The van der Waals surface area contributed by atoms with Gasteiger partial charge in [-0.25, -0.2) is 0 Å². The Labute approximate surface area is 138 Å². The van der Waals surface area contributed by atoms with Crippen molar-refractivity contribution in [2.24, 2.45) is 0 Å². The van der Waals surface area contributed by atoms with Gasteiger partial charge in [-0.15, -0.1) is 0 Å². The molecule has 0 spiro atoms. The summed E-state index contributed by atoms with van der Waals surface area (Å²) in [6.45, 7) is 6.47. The van der Waals surface area contributed by atoms with Crippen LogP contribution in [0.2, 0.25) is 0 Å². The smallest absolute Gasteiger partial charge is 0.236 e. The number of hydrogen-bond acceptors (Lipinski definition) is 4. The van der Waals surface area contributed by atoms with Crippen LogP contribution < -0.4 is 4.74 Å². The first-order valence-corrected chi connectivity index (χ1v) is 8.34. The third-order valence-electron chi connectivity index (χ3n) is 3.97. The van der Waals surface area contributed by atoms with Crippen LogP contribution in [-0.4, -0.2) is 59.7 Å². The van der Waals surface area contributed by atoms with Gasteiger partial charge in [-0.3, -0.25) is 9.69 Å². The van der Waals surface area contributed by atoms with Crippen LogP contribution in [0.25, 0.3) is 0 Å². The first-order chi connectivity index (χ1) is 10.9. The highest BCUT2D eigenvalue weighted by molar-refractivity contribution is 5.78. The lowest BCUT2D eigenvalue weighted by atomic mass is 10.1. The number of likely N-dealkylation sites (tertiary alicyclic amines) is 1. The maximum atomic E-state index is 12.3. The maximum Gasteiger partial charge on any atom is 0.236 e. The molecule has 1 aromatic rings. The standard InChI is InChI=1S/C18H28N2O3/c1-14(2)23-17-6-4-15(5-7-17)12-19(3)13-18(22)20-10-8-16(21)9-11-20/h4-7,14,16,21H,8-13H2,1-3H3. The van der Waals surface area contributed by atoms with Crippen molar-refractivity contribution in [3.63, 3.8) is 0 Å². The summed E-state index contributed by atoms with van der Waals surface area (Å²) in [6.07, 6.45) is 1.30. The minimum atomic E-state index is -0.247. The molecule has 5 nitrogen and oxygen atoms in total. The maximum absolute atomic E-state index is 12.3. The van der Waals surface area contributed by atoms with Gasteiger partial charge in [-0.05, 0) is 51.4 Å². The Kier molecular flexibility index (Phi) is 6.42. The second-order valence-electron chi connectivity index (χ2n) is 6.59. The number of rotatable bonds is 6. The molecule has 1 heterocycles. The number of hydrogen-bond donors (Lipinski definition) is 1. The number of nitrogens with zero attached hydrogens (tertiary/aromatic N) is 2. The molecule has 23 heavy (non-hydrogen) atoms. The van der Waals surface area contributed by atoms with Crippen LogP contribution >= 0.6 is 0 Å². The van der Waals surface area contributed by atoms with E-state index in [0.29, 0.717) is 32.5 Å². The van der Waals surface area contributed by atoms with E-state index in [4.69, 9.17) is 4.74 Å².